The maximum Gasteiger partial charge on any atom is 0.0375 e. The molecule has 0 spiro atoms. The third kappa shape index (κ3) is 5.11. The summed E-state index contributed by atoms with van der Waals surface area (Å²) >= 11 is 0. The van der Waals surface area contributed by atoms with Gasteiger partial charge in [-0.15, -0.1) is 0 Å². The topological polar surface area (TPSA) is 17.1 Å². The molecule has 102 valence electrons. The fourth-order valence-corrected chi connectivity index (χ4v) is 4.20. The van der Waals surface area contributed by atoms with Crippen LogP contribution >= 0.6 is 0 Å². The fraction of sp³-hybridized carbons (Fsp3) is 1.00. The van der Waals surface area contributed by atoms with Crippen molar-refractivity contribution in [2.45, 2.75) is 77.4 Å². The quantitative estimate of drug-likeness (QED) is 0.708. The molecule has 0 aromatic rings. The average molecular weight is 258 g/mol. The highest BCUT2D eigenvalue weighted by Crippen LogP contribution is 2.34. The minimum absolute atomic E-state index is 0.0410. The van der Waals surface area contributed by atoms with Gasteiger partial charge in [0.2, 0.25) is 0 Å². The van der Waals surface area contributed by atoms with Crippen molar-refractivity contribution in [2.75, 3.05) is 5.75 Å². The molecule has 17 heavy (non-hydrogen) atoms. The van der Waals surface area contributed by atoms with Crippen molar-refractivity contribution in [3.05, 3.63) is 0 Å². The van der Waals surface area contributed by atoms with Crippen LogP contribution in [0, 0.1) is 11.8 Å². The van der Waals surface area contributed by atoms with E-state index in [9.17, 15) is 4.21 Å². The van der Waals surface area contributed by atoms with Crippen LogP contribution in [0.2, 0.25) is 0 Å². The van der Waals surface area contributed by atoms with Gasteiger partial charge in [-0.05, 0) is 39.0 Å². The number of hydrogen-bond donors (Lipinski definition) is 0. The lowest BCUT2D eigenvalue weighted by Gasteiger charge is -2.31. The fourth-order valence-electron chi connectivity index (χ4n) is 2.88. The van der Waals surface area contributed by atoms with Crippen molar-refractivity contribution in [2.24, 2.45) is 11.8 Å². The van der Waals surface area contributed by atoms with Gasteiger partial charge in [0.25, 0.3) is 0 Å². The second-order valence-corrected chi connectivity index (χ2v) is 8.82. The smallest absolute Gasteiger partial charge is 0.0375 e. The van der Waals surface area contributed by atoms with Crippen LogP contribution in [-0.4, -0.2) is 14.7 Å². The molecule has 0 saturated heterocycles. The maximum atomic E-state index is 12.3. The van der Waals surface area contributed by atoms with Gasteiger partial charge in [-0.25, -0.2) is 0 Å². The Balaban J connectivity index is 2.55. The molecule has 1 rings (SSSR count). The molecule has 1 saturated carbocycles. The largest absolute Gasteiger partial charge is 0.259 e. The first-order chi connectivity index (χ1) is 7.95. The van der Waals surface area contributed by atoms with Crippen molar-refractivity contribution in [3.63, 3.8) is 0 Å². The van der Waals surface area contributed by atoms with Gasteiger partial charge in [0.1, 0.15) is 0 Å². The van der Waals surface area contributed by atoms with Crippen LogP contribution in [0.3, 0.4) is 0 Å². The third-order valence-corrected chi connectivity index (χ3v) is 6.12. The Labute approximate surface area is 110 Å². The van der Waals surface area contributed by atoms with Crippen LogP contribution in [0.4, 0.5) is 0 Å². The predicted molar refractivity (Wildman–Crippen MR) is 77.7 cm³/mol. The average Bonchev–Trinajstić information content (AvgIpc) is 2.28. The summed E-state index contributed by atoms with van der Waals surface area (Å²) in [4.78, 5) is 0. The molecule has 0 N–H and O–H groups in total. The van der Waals surface area contributed by atoms with Crippen LogP contribution in [0.25, 0.3) is 0 Å². The molecule has 0 aliphatic heterocycles. The highest BCUT2D eigenvalue weighted by Gasteiger charge is 2.28. The normalized spacial score (nSPS) is 22.4. The van der Waals surface area contributed by atoms with E-state index in [0.717, 1.165) is 11.7 Å². The lowest BCUT2D eigenvalue weighted by molar-refractivity contribution is 0.253. The van der Waals surface area contributed by atoms with Crippen LogP contribution in [0.15, 0.2) is 0 Å². The van der Waals surface area contributed by atoms with Crippen molar-refractivity contribution in [3.8, 4) is 0 Å². The third-order valence-electron chi connectivity index (χ3n) is 4.02. The van der Waals surface area contributed by atoms with Gasteiger partial charge in [-0.1, -0.05) is 45.4 Å². The lowest BCUT2D eigenvalue weighted by atomic mass is 9.79. The molecule has 0 radical (unpaired) electrons. The molecular weight excluding hydrogens is 228 g/mol. The zero-order valence-corrected chi connectivity index (χ0v) is 12.9. The Bertz CT molecular complexity index is 236. The highest BCUT2D eigenvalue weighted by atomic mass is 32.2. The summed E-state index contributed by atoms with van der Waals surface area (Å²) in [7, 11) is -0.671. The van der Waals surface area contributed by atoms with Crippen molar-refractivity contribution in [1.29, 1.82) is 0 Å². The van der Waals surface area contributed by atoms with E-state index in [4.69, 9.17) is 0 Å². The SMILES string of the molecule is CCCC(C[S@](=O)C(C)(C)C)C1CCCCC1. The van der Waals surface area contributed by atoms with E-state index in [2.05, 4.69) is 27.7 Å². The van der Waals surface area contributed by atoms with E-state index < -0.39 is 10.8 Å². The molecule has 1 aliphatic carbocycles. The first-order valence-electron chi connectivity index (χ1n) is 7.33. The summed E-state index contributed by atoms with van der Waals surface area (Å²) in [5.74, 6) is 2.50. The van der Waals surface area contributed by atoms with Gasteiger partial charge < -0.3 is 0 Å². The predicted octanol–water partition coefficient (Wildman–Crippen LogP) is 4.53. The highest BCUT2D eigenvalue weighted by molar-refractivity contribution is 7.86. The Morgan fingerprint density at radius 2 is 1.76 bits per heavy atom. The molecule has 0 bridgehead atoms. The zero-order valence-electron chi connectivity index (χ0n) is 12.1. The summed E-state index contributed by atoms with van der Waals surface area (Å²) in [5, 5.41) is 0. The lowest BCUT2D eigenvalue weighted by Crippen LogP contribution is -2.31. The van der Waals surface area contributed by atoms with E-state index in [0.29, 0.717) is 5.92 Å². The molecule has 2 heteroatoms. The molecule has 1 unspecified atom stereocenters. The second-order valence-electron chi connectivity index (χ2n) is 6.57. The molecule has 0 aromatic carbocycles. The summed E-state index contributed by atoms with van der Waals surface area (Å²) < 4.78 is 12.3. The van der Waals surface area contributed by atoms with Crippen molar-refractivity contribution >= 4 is 10.8 Å². The van der Waals surface area contributed by atoms with Crippen LogP contribution < -0.4 is 0 Å². The number of hydrogen-bond acceptors (Lipinski definition) is 1. The first-order valence-corrected chi connectivity index (χ1v) is 8.65. The van der Waals surface area contributed by atoms with Gasteiger partial charge in [-0.2, -0.15) is 0 Å². The zero-order chi connectivity index (χ0) is 12.9. The standard InChI is InChI=1S/C15H30OS/c1-5-9-14(12-17(16)15(2,3)4)13-10-7-6-8-11-13/h13-14H,5-12H2,1-4H3/t14?,17-/m0/s1. The van der Waals surface area contributed by atoms with Gasteiger partial charge in [-0.3, -0.25) is 4.21 Å². The van der Waals surface area contributed by atoms with Crippen LogP contribution in [0.5, 0.6) is 0 Å². The number of rotatable bonds is 5. The minimum atomic E-state index is -0.671. The Morgan fingerprint density at radius 1 is 1.18 bits per heavy atom. The van der Waals surface area contributed by atoms with E-state index in [1.165, 1.54) is 44.9 Å². The summed E-state index contributed by atoms with van der Waals surface area (Å²) in [6, 6.07) is 0. The second kappa shape index (κ2) is 6.92. The Morgan fingerprint density at radius 3 is 2.24 bits per heavy atom. The Kier molecular flexibility index (Phi) is 6.19. The van der Waals surface area contributed by atoms with E-state index in [-0.39, 0.29) is 4.75 Å². The van der Waals surface area contributed by atoms with Gasteiger partial charge in [0.15, 0.2) is 0 Å². The molecule has 2 atom stereocenters. The molecule has 0 heterocycles. The van der Waals surface area contributed by atoms with Crippen molar-refractivity contribution < 1.29 is 4.21 Å². The van der Waals surface area contributed by atoms with Gasteiger partial charge >= 0.3 is 0 Å². The molecule has 1 aliphatic rings. The Hall–Kier alpha value is 0.150. The van der Waals surface area contributed by atoms with E-state index >= 15 is 0 Å². The molecule has 1 fully saturated rings. The summed E-state index contributed by atoms with van der Waals surface area (Å²) in [6.45, 7) is 8.57. The first kappa shape index (κ1) is 15.2. The molecular formula is C15H30OS. The van der Waals surface area contributed by atoms with Crippen molar-refractivity contribution in [1.82, 2.24) is 0 Å². The van der Waals surface area contributed by atoms with Gasteiger partial charge in [0.05, 0.1) is 0 Å². The minimum Gasteiger partial charge on any atom is -0.259 e. The molecule has 0 aromatic heterocycles. The molecule has 1 nitrogen and oxygen atoms in total. The summed E-state index contributed by atoms with van der Waals surface area (Å²) in [5.41, 5.74) is 0. The van der Waals surface area contributed by atoms with E-state index in [1.807, 2.05) is 0 Å². The van der Waals surface area contributed by atoms with Gasteiger partial charge in [0, 0.05) is 21.3 Å². The summed E-state index contributed by atoms with van der Waals surface area (Å²) in [6.07, 6.45) is 9.48. The monoisotopic (exact) mass is 258 g/mol. The van der Waals surface area contributed by atoms with Crippen LogP contribution in [0.1, 0.15) is 72.6 Å². The van der Waals surface area contributed by atoms with Crippen LogP contribution in [-0.2, 0) is 10.8 Å². The maximum absolute atomic E-state index is 12.3. The molecule has 0 amide bonds. The van der Waals surface area contributed by atoms with E-state index in [1.54, 1.807) is 0 Å².